The Labute approximate surface area is 126 Å². The topological polar surface area (TPSA) is 33.7 Å². The molecule has 2 aromatic carbocycles. The van der Waals surface area contributed by atoms with Crippen LogP contribution in [-0.4, -0.2) is 28.3 Å². The van der Waals surface area contributed by atoms with E-state index in [2.05, 4.69) is 28.4 Å². The maximum Gasteiger partial charge on any atom is 0.161 e. The van der Waals surface area contributed by atoms with E-state index in [0.29, 0.717) is 0 Å². The molecule has 0 heterocycles. The number of anilines is 2. The standard InChI is InChI=1S/C17H22N2O2/c1-19(2)15-7-5-6-14(11-15)18-12-13-8-9-16(20-3)17(10-13)21-4/h5-11,18H,12H2,1-4H3. The van der Waals surface area contributed by atoms with Gasteiger partial charge in [0, 0.05) is 32.0 Å². The van der Waals surface area contributed by atoms with Gasteiger partial charge in [-0.1, -0.05) is 12.1 Å². The second kappa shape index (κ2) is 6.88. The van der Waals surface area contributed by atoms with E-state index in [-0.39, 0.29) is 0 Å². The molecule has 0 amide bonds. The number of ether oxygens (including phenoxy) is 2. The van der Waals surface area contributed by atoms with Gasteiger partial charge in [-0.05, 0) is 35.9 Å². The van der Waals surface area contributed by atoms with Gasteiger partial charge in [-0.15, -0.1) is 0 Å². The Morgan fingerprint density at radius 1 is 0.952 bits per heavy atom. The monoisotopic (exact) mass is 286 g/mol. The predicted octanol–water partition coefficient (Wildman–Crippen LogP) is 3.38. The highest BCUT2D eigenvalue weighted by Crippen LogP contribution is 2.28. The summed E-state index contributed by atoms with van der Waals surface area (Å²) in [6, 6.07) is 14.3. The quantitative estimate of drug-likeness (QED) is 0.882. The van der Waals surface area contributed by atoms with Crippen LogP contribution >= 0.6 is 0 Å². The number of rotatable bonds is 6. The van der Waals surface area contributed by atoms with Crippen LogP contribution in [0.1, 0.15) is 5.56 Å². The van der Waals surface area contributed by atoms with E-state index in [1.165, 1.54) is 5.69 Å². The first-order chi connectivity index (χ1) is 10.1. The Morgan fingerprint density at radius 3 is 2.38 bits per heavy atom. The summed E-state index contributed by atoms with van der Waals surface area (Å²) < 4.78 is 10.6. The Morgan fingerprint density at radius 2 is 1.71 bits per heavy atom. The Kier molecular flexibility index (Phi) is 4.93. The van der Waals surface area contributed by atoms with Crippen molar-refractivity contribution >= 4 is 11.4 Å². The van der Waals surface area contributed by atoms with Gasteiger partial charge in [-0.3, -0.25) is 0 Å². The van der Waals surface area contributed by atoms with Crippen molar-refractivity contribution in [1.29, 1.82) is 0 Å². The van der Waals surface area contributed by atoms with Gasteiger partial charge in [-0.2, -0.15) is 0 Å². The van der Waals surface area contributed by atoms with Crippen LogP contribution in [0.5, 0.6) is 11.5 Å². The molecule has 0 bridgehead atoms. The van der Waals surface area contributed by atoms with Crippen LogP contribution in [-0.2, 0) is 6.54 Å². The zero-order valence-corrected chi connectivity index (χ0v) is 13.0. The number of methoxy groups -OCH3 is 2. The SMILES string of the molecule is COc1ccc(CNc2cccc(N(C)C)c2)cc1OC. The van der Waals surface area contributed by atoms with Crippen LogP contribution < -0.4 is 19.7 Å². The van der Waals surface area contributed by atoms with Crippen LogP contribution in [0.15, 0.2) is 42.5 Å². The number of nitrogens with zero attached hydrogens (tertiary/aromatic N) is 1. The van der Waals surface area contributed by atoms with Gasteiger partial charge >= 0.3 is 0 Å². The maximum atomic E-state index is 5.32. The number of hydrogen-bond donors (Lipinski definition) is 1. The van der Waals surface area contributed by atoms with Crippen LogP contribution in [0.3, 0.4) is 0 Å². The van der Waals surface area contributed by atoms with Crippen molar-refractivity contribution in [2.45, 2.75) is 6.54 Å². The van der Waals surface area contributed by atoms with E-state index in [4.69, 9.17) is 9.47 Å². The molecule has 0 saturated heterocycles. The van der Waals surface area contributed by atoms with Gasteiger partial charge in [-0.25, -0.2) is 0 Å². The van der Waals surface area contributed by atoms with Crippen LogP contribution in [0.25, 0.3) is 0 Å². The largest absolute Gasteiger partial charge is 0.493 e. The molecule has 4 heteroatoms. The summed E-state index contributed by atoms with van der Waals surface area (Å²) in [5, 5.41) is 3.42. The van der Waals surface area contributed by atoms with E-state index in [1.807, 2.05) is 38.4 Å². The van der Waals surface area contributed by atoms with E-state index < -0.39 is 0 Å². The van der Waals surface area contributed by atoms with E-state index in [0.717, 1.165) is 29.3 Å². The Hall–Kier alpha value is -2.36. The second-order valence-electron chi connectivity index (χ2n) is 4.99. The van der Waals surface area contributed by atoms with Gasteiger partial charge in [0.1, 0.15) is 0 Å². The minimum atomic E-state index is 0.733. The molecule has 0 radical (unpaired) electrons. The molecule has 0 fully saturated rings. The summed E-state index contributed by atoms with van der Waals surface area (Å²) >= 11 is 0. The summed E-state index contributed by atoms with van der Waals surface area (Å²) in [5.74, 6) is 1.50. The third kappa shape index (κ3) is 3.81. The van der Waals surface area contributed by atoms with Gasteiger partial charge in [0.25, 0.3) is 0 Å². The van der Waals surface area contributed by atoms with Crippen LogP contribution in [0, 0.1) is 0 Å². The summed E-state index contributed by atoms with van der Waals surface area (Å²) in [6.45, 7) is 0.733. The highest BCUT2D eigenvalue weighted by atomic mass is 16.5. The average molecular weight is 286 g/mol. The van der Waals surface area contributed by atoms with E-state index >= 15 is 0 Å². The highest BCUT2D eigenvalue weighted by molar-refractivity contribution is 5.57. The van der Waals surface area contributed by atoms with Crippen molar-refractivity contribution in [2.24, 2.45) is 0 Å². The number of benzene rings is 2. The fourth-order valence-corrected chi connectivity index (χ4v) is 2.09. The highest BCUT2D eigenvalue weighted by Gasteiger charge is 2.04. The van der Waals surface area contributed by atoms with Gasteiger partial charge in [0.2, 0.25) is 0 Å². The molecular weight excluding hydrogens is 264 g/mol. The maximum absolute atomic E-state index is 5.32. The molecule has 0 spiro atoms. The summed E-state index contributed by atoms with van der Waals surface area (Å²) in [4.78, 5) is 2.08. The average Bonchev–Trinajstić information content (AvgIpc) is 2.52. The zero-order valence-electron chi connectivity index (χ0n) is 13.0. The normalized spacial score (nSPS) is 10.1. The van der Waals surface area contributed by atoms with E-state index in [1.54, 1.807) is 14.2 Å². The summed E-state index contributed by atoms with van der Waals surface area (Å²) in [7, 11) is 7.36. The summed E-state index contributed by atoms with van der Waals surface area (Å²) in [5.41, 5.74) is 3.41. The lowest BCUT2D eigenvalue weighted by atomic mass is 10.2. The number of nitrogens with one attached hydrogen (secondary N) is 1. The zero-order chi connectivity index (χ0) is 15.2. The molecule has 1 N–H and O–H groups in total. The second-order valence-corrected chi connectivity index (χ2v) is 4.99. The molecule has 0 unspecified atom stereocenters. The predicted molar refractivity (Wildman–Crippen MR) is 87.6 cm³/mol. The molecule has 2 aromatic rings. The lowest BCUT2D eigenvalue weighted by molar-refractivity contribution is 0.354. The van der Waals surface area contributed by atoms with Crippen LogP contribution in [0.2, 0.25) is 0 Å². The molecule has 0 aromatic heterocycles. The van der Waals surface area contributed by atoms with Crippen molar-refractivity contribution < 1.29 is 9.47 Å². The molecule has 0 aliphatic heterocycles. The third-order valence-corrected chi connectivity index (χ3v) is 3.31. The Bertz CT molecular complexity index is 597. The molecule has 0 aliphatic carbocycles. The first-order valence-electron chi connectivity index (χ1n) is 6.86. The fourth-order valence-electron chi connectivity index (χ4n) is 2.09. The lowest BCUT2D eigenvalue weighted by Gasteiger charge is -2.15. The third-order valence-electron chi connectivity index (χ3n) is 3.31. The molecule has 2 rings (SSSR count). The molecule has 4 nitrogen and oxygen atoms in total. The lowest BCUT2D eigenvalue weighted by Crippen LogP contribution is -2.09. The van der Waals surface area contributed by atoms with Crippen molar-refractivity contribution in [2.75, 3.05) is 38.5 Å². The van der Waals surface area contributed by atoms with Gasteiger partial charge < -0.3 is 19.7 Å². The van der Waals surface area contributed by atoms with Crippen molar-refractivity contribution in [3.63, 3.8) is 0 Å². The molecule has 0 saturated carbocycles. The first-order valence-corrected chi connectivity index (χ1v) is 6.86. The molecule has 21 heavy (non-hydrogen) atoms. The van der Waals surface area contributed by atoms with Crippen molar-refractivity contribution in [3.8, 4) is 11.5 Å². The summed E-state index contributed by atoms with van der Waals surface area (Å²) in [6.07, 6.45) is 0. The molecule has 112 valence electrons. The Balaban J connectivity index is 2.07. The van der Waals surface area contributed by atoms with Gasteiger partial charge in [0.15, 0.2) is 11.5 Å². The number of hydrogen-bond acceptors (Lipinski definition) is 4. The molecule has 0 atom stereocenters. The van der Waals surface area contributed by atoms with Crippen molar-refractivity contribution in [1.82, 2.24) is 0 Å². The fraction of sp³-hybridized carbons (Fsp3) is 0.294. The van der Waals surface area contributed by atoms with Crippen molar-refractivity contribution in [3.05, 3.63) is 48.0 Å². The van der Waals surface area contributed by atoms with E-state index in [9.17, 15) is 0 Å². The minimum Gasteiger partial charge on any atom is -0.493 e. The van der Waals surface area contributed by atoms with Gasteiger partial charge in [0.05, 0.1) is 14.2 Å². The molecule has 0 aliphatic rings. The minimum absolute atomic E-state index is 0.733. The van der Waals surface area contributed by atoms with Crippen LogP contribution in [0.4, 0.5) is 11.4 Å². The molecular formula is C17H22N2O2. The smallest absolute Gasteiger partial charge is 0.161 e. The first kappa shape index (κ1) is 15.0.